The number of hydrogen-bond acceptors (Lipinski definition) is 3. The Hall–Kier alpha value is -2.95. The van der Waals surface area contributed by atoms with Crippen LogP contribution in [-0.2, 0) is 11.2 Å². The molecule has 0 unspecified atom stereocenters. The van der Waals surface area contributed by atoms with Crippen LogP contribution in [0.15, 0.2) is 47.3 Å². The average molecular weight is 277 g/mol. The number of fused-ring (bicyclic) bond motifs is 2. The third-order valence-electron chi connectivity index (χ3n) is 3.62. The standard InChI is InChI=1S/C16H11N3O2/c20-14-8-10-7-9(5-6-12(10)17-14)15-18-13-4-2-1-3-11(13)16(21)19-15/h1-7H,8H2,(H,17,20)(H,18,19,21). The van der Waals surface area contributed by atoms with Crippen LogP contribution in [0.5, 0.6) is 0 Å². The number of rotatable bonds is 1. The molecule has 102 valence electrons. The van der Waals surface area contributed by atoms with Crippen LogP contribution in [0, 0.1) is 0 Å². The number of amides is 1. The maximum atomic E-state index is 12.1. The van der Waals surface area contributed by atoms with Crippen molar-refractivity contribution in [2.75, 3.05) is 5.32 Å². The van der Waals surface area contributed by atoms with E-state index in [0.717, 1.165) is 16.8 Å². The lowest BCUT2D eigenvalue weighted by Crippen LogP contribution is -2.09. The van der Waals surface area contributed by atoms with Crippen LogP contribution in [0.4, 0.5) is 5.69 Å². The van der Waals surface area contributed by atoms with Crippen molar-refractivity contribution in [1.29, 1.82) is 0 Å². The molecular weight excluding hydrogens is 266 g/mol. The molecule has 0 fully saturated rings. The topological polar surface area (TPSA) is 74.8 Å². The monoisotopic (exact) mass is 277 g/mol. The molecule has 1 aliphatic rings. The highest BCUT2D eigenvalue weighted by atomic mass is 16.1. The zero-order valence-corrected chi connectivity index (χ0v) is 11.0. The Morgan fingerprint density at radius 3 is 2.81 bits per heavy atom. The fourth-order valence-electron chi connectivity index (χ4n) is 2.60. The minimum Gasteiger partial charge on any atom is -0.326 e. The van der Waals surface area contributed by atoms with E-state index in [4.69, 9.17) is 0 Å². The average Bonchev–Trinajstić information content (AvgIpc) is 2.86. The predicted octanol–water partition coefficient (Wildman–Crippen LogP) is 2.08. The summed E-state index contributed by atoms with van der Waals surface area (Å²) in [6.07, 6.45) is 0.362. The summed E-state index contributed by atoms with van der Waals surface area (Å²) in [6.45, 7) is 0. The summed E-state index contributed by atoms with van der Waals surface area (Å²) in [5, 5.41) is 3.35. The van der Waals surface area contributed by atoms with Gasteiger partial charge in [0.15, 0.2) is 0 Å². The summed E-state index contributed by atoms with van der Waals surface area (Å²) in [5.74, 6) is 0.503. The van der Waals surface area contributed by atoms with Crippen LogP contribution in [0.3, 0.4) is 0 Å². The minimum atomic E-state index is -0.162. The van der Waals surface area contributed by atoms with Gasteiger partial charge in [0.25, 0.3) is 5.56 Å². The van der Waals surface area contributed by atoms with Crippen molar-refractivity contribution in [3.05, 3.63) is 58.4 Å². The number of para-hydroxylation sites is 1. The van der Waals surface area contributed by atoms with Crippen LogP contribution in [0.25, 0.3) is 22.3 Å². The van der Waals surface area contributed by atoms with Crippen molar-refractivity contribution in [3.8, 4) is 11.4 Å². The van der Waals surface area contributed by atoms with E-state index in [1.807, 2.05) is 36.4 Å². The third kappa shape index (κ3) is 1.90. The molecule has 4 rings (SSSR count). The first-order chi connectivity index (χ1) is 10.2. The van der Waals surface area contributed by atoms with E-state index in [1.165, 1.54) is 0 Å². The molecule has 1 aromatic heterocycles. The Balaban J connectivity index is 1.89. The molecule has 0 saturated heterocycles. The molecule has 0 atom stereocenters. The number of aromatic amines is 1. The molecule has 0 saturated carbocycles. The molecule has 0 radical (unpaired) electrons. The minimum absolute atomic E-state index is 0.0119. The summed E-state index contributed by atoms with van der Waals surface area (Å²) in [6, 6.07) is 12.8. The van der Waals surface area contributed by atoms with Crippen LogP contribution in [0.1, 0.15) is 5.56 Å². The number of H-pyrrole nitrogens is 1. The second-order valence-electron chi connectivity index (χ2n) is 5.03. The Morgan fingerprint density at radius 2 is 1.90 bits per heavy atom. The maximum Gasteiger partial charge on any atom is 0.259 e. The lowest BCUT2D eigenvalue weighted by molar-refractivity contribution is -0.115. The van der Waals surface area contributed by atoms with E-state index in [9.17, 15) is 9.59 Å². The van der Waals surface area contributed by atoms with Gasteiger partial charge in [0, 0.05) is 11.3 Å². The van der Waals surface area contributed by atoms with Gasteiger partial charge in [-0.05, 0) is 35.9 Å². The highest BCUT2D eigenvalue weighted by Crippen LogP contribution is 2.27. The highest BCUT2D eigenvalue weighted by Gasteiger charge is 2.18. The lowest BCUT2D eigenvalue weighted by Gasteiger charge is -2.05. The number of benzene rings is 2. The highest BCUT2D eigenvalue weighted by molar-refractivity contribution is 5.99. The number of hydrogen-bond donors (Lipinski definition) is 2. The fraction of sp³-hybridized carbons (Fsp3) is 0.0625. The second-order valence-corrected chi connectivity index (χ2v) is 5.03. The Labute approximate surface area is 119 Å². The summed E-state index contributed by atoms with van der Waals surface area (Å²) in [5.41, 5.74) is 3.05. The van der Waals surface area contributed by atoms with Crippen molar-refractivity contribution in [2.24, 2.45) is 0 Å². The molecule has 2 heterocycles. The molecule has 0 aliphatic carbocycles. The van der Waals surface area contributed by atoms with Gasteiger partial charge in [0.2, 0.25) is 5.91 Å². The Kier molecular flexibility index (Phi) is 2.41. The molecule has 0 bridgehead atoms. The van der Waals surface area contributed by atoms with E-state index < -0.39 is 0 Å². The van der Waals surface area contributed by atoms with Crippen molar-refractivity contribution in [1.82, 2.24) is 9.97 Å². The normalized spacial score (nSPS) is 13.2. The van der Waals surface area contributed by atoms with E-state index in [-0.39, 0.29) is 11.5 Å². The summed E-state index contributed by atoms with van der Waals surface area (Å²) < 4.78 is 0. The van der Waals surface area contributed by atoms with E-state index in [2.05, 4.69) is 15.3 Å². The van der Waals surface area contributed by atoms with Gasteiger partial charge in [-0.25, -0.2) is 4.98 Å². The van der Waals surface area contributed by atoms with Gasteiger partial charge in [0.05, 0.1) is 17.3 Å². The molecule has 2 aromatic carbocycles. The summed E-state index contributed by atoms with van der Waals surface area (Å²) in [4.78, 5) is 30.8. The third-order valence-corrected chi connectivity index (χ3v) is 3.62. The van der Waals surface area contributed by atoms with E-state index in [0.29, 0.717) is 23.1 Å². The lowest BCUT2D eigenvalue weighted by atomic mass is 10.1. The maximum absolute atomic E-state index is 12.1. The van der Waals surface area contributed by atoms with Crippen molar-refractivity contribution >= 4 is 22.5 Å². The zero-order chi connectivity index (χ0) is 14.4. The van der Waals surface area contributed by atoms with Gasteiger partial charge >= 0.3 is 0 Å². The number of nitrogens with zero attached hydrogens (tertiary/aromatic N) is 1. The number of carbonyl (C=O) groups is 1. The predicted molar refractivity (Wildman–Crippen MR) is 80.1 cm³/mol. The number of carbonyl (C=O) groups excluding carboxylic acids is 1. The zero-order valence-electron chi connectivity index (χ0n) is 11.0. The van der Waals surface area contributed by atoms with Gasteiger partial charge in [0.1, 0.15) is 5.82 Å². The quantitative estimate of drug-likeness (QED) is 0.715. The number of nitrogens with one attached hydrogen (secondary N) is 2. The van der Waals surface area contributed by atoms with Gasteiger partial charge in [-0.15, -0.1) is 0 Å². The van der Waals surface area contributed by atoms with Crippen molar-refractivity contribution in [3.63, 3.8) is 0 Å². The SMILES string of the molecule is O=C1Cc2cc(-c3nc4ccccc4c(=O)[nH]3)ccc2N1. The van der Waals surface area contributed by atoms with E-state index in [1.54, 1.807) is 6.07 Å². The molecule has 3 aromatic rings. The molecule has 5 heteroatoms. The van der Waals surface area contributed by atoms with Crippen molar-refractivity contribution in [2.45, 2.75) is 6.42 Å². The smallest absolute Gasteiger partial charge is 0.259 e. The van der Waals surface area contributed by atoms with Gasteiger partial charge in [-0.3, -0.25) is 9.59 Å². The van der Waals surface area contributed by atoms with Crippen LogP contribution in [-0.4, -0.2) is 15.9 Å². The first kappa shape index (κ1) is 11.8. The summed E-state index contributed by atoms with van der Waals surface area (Å²) >= 11 is 0. The molecule has 1 aliphatic heterocycles. The van der Waals surface area contributed by atoms with Gasteiger partial charge < -0.3 is 10.3 Å². The Morgan fingerprint density at radius 1 is 1.05 bits per heavy atom. The summed E-state index contributed by atoms with van der Waals surface area (Å²) in [7, 11) is 0. The van der Waals surface area contributed by atoms with Gasteiger partial charge in [-0.1, -0.05) is 12.1 Å². The molecule has 21 heavy (non-hydrogen) atoms. The second kappa shape index (κ2) is 4.28. The molecule has 2 N–H and O–H groups in total. The first-order valence-corrected chi connectivity index (χ1v) is 6.63. The largest absolute Gasteiger partial charge is 0.326 e. The molecule has 0 spiro atoms. The van der Waals surface area contributed by atoms with Crippen LogP contribution in [0.2, 0.25) is 0 Å². The fourth-order valence-corrected chi connectivity index (χ4v) is 2.60. The van der Waals surface area contributed by atoms with E-state index >= 15 is 0 Å². The van der Waals surface area contributed by atoms with Crippen LogP contribution >= 0.6 is 0 Å². The Bertz CT molecular complexity index is 944. The van der Waals surface area contributed by atoms with Crippen molar-refractivity contribution < 1.29 is 4.79 Å². The first-order valence-electron chi connectivity index (χ1n) is 6.63. The molecular formula is C16H11N3O2. The van der Waals surface area contributed by atoms with Gasteiger partial charge in [-0.2, -0.15) is 0 Å². The number of aromatic nitrogens is 2. The molecule has 5 nitrogen and oxygen atoms in total. The van der Waals surface area contributed by atoms with Crippen LogP contribution < -0.4 is 10.9 Å². The molecule has 1 amide bonds. The number of anilines is 1.